The van der Waals surface area contributed by atoms with Gasteiger partial charge in [0, 0.05) is 0 Å². The normalized spacial score (nSPS) is 25.2. The molecule has 138 valence electrons. The van der Waals surface area contributed by atoms with Gasteiger partial charge in [0.1, 0.15) is 12.9 Å². The van der Waals surface area contributed by atoms with Crippen LogP contribution in [0, 0.1) is 6.92 Å². The Morgan fingerprint density at radius 1 is 0.885 bits per heavy atom. The Hall–Kier alpha value is -1.68. The third-order valence-electron chi connectivity index (χ3n) is 5.53. The van der Waals surface area contributed by atoms with E-state index >= 15 is 0 Å². The van der Waals surface area contributed by atoms with E-state index in [4.69, 9.17) is 14.2 Å². The summed E-state index contributed by atoms with van der Waals surface area (Å²) in [6, 6.07) is 17.9. The van der Waals surface area contributed by atoms with Crippen molar-refractivity contribution in [3.8, 4) is 11.1 Å². The Balaban J connectivity index is 1.25. The highest BCUT2D eigenvalue weighted by Crippen LogP contribution is 2.35. The second-order valence-electron chi connectivity index (χ2n) is 7.57. The first-order valence-electron chi connectivity index (χ1n) is 9.76. The van der Waals surface area contributed by atoms with Crippen molar-refractivity contribution in [2.45, 2.75) is 50.7 Å². The maximum Gasteiger partial charge on any atom is 0.147 e. The molecule has 2 fully saturated rings. The Bertz CT molecular complexity index is 680. The third-order valence-corrected chi connectivity index (χ3v) is 5.53. The van der Waals surface area contributed by atoms with Crippen molar-refractivity contribution in [1.29, 1.82) is 0 Å². The molecule has 2 aliphatic rings. The maximum absolute atomic E-state index is 5.85. The minimum absolute atomic E-state index is 0.317. The van der Waals surface area contributed by atoms with Gasteiger partial charge in [-0.25, -0.2) is 0 Å². The zero-order valence-corrected chi connectivity index (χ0v) is 15.5. The van der Waals surface area contributed by atoms with Crippen LogP contribution in [0.3, 0.4) is 0 Å². The molecule has 3 nitrogen and oxygen atoms in total. The summed E-state index contributed by atoms with van der Waals surface area (Å²) in [5.41, 5.74) is 5.34. The average Bonchev–Trinajstić information content (AvgIpc) is 3.51. The zero-order valence-electron chi connectivity index (χ0n) is 15.5. The number of benzene rings is 2. The summed E-state index contributed by atoms with van der Waals surface area (Å²) in [6.45, 7) is 4.04. The Kier molecular flexibility index (Phi) is 5.68. The first-order chi connectivity index (χ1) is 12.8. The van der Waals surface area contributed by atoms with Crippen molar-refractivity contribution < 1.29 is 14.2 Å². The summed E-state index contributed by atoms with van der Waals surface area (Å²) in [5.74, 6) is 0.655. The molecule has 0 spiro atoms. The summed E-state index contributed by atoms with van der Waals surface area (Å²) in [6.07, 6.45) is 5.29. The molecule has 1 saturated carbocycles. The molecular weight excluding hydrogens is 324 g/mol. The number of aryl methyl sites for hydroxylation is 1. The van der Waals surface area contributed by atoms with Crippen LogP contribution in [0.4, 0.5) is 0 Å². The van der Waals surface area contributed by atoms with E-state index in [1.807, 2.05) is 0 Å². The first kappa shape index (κ1) is 17.7. The average molecular weight is 352 g/mol. The van der Waals surface area contributed by atoms with E-state index in [9.17, 15) is 0 Å². The molecule has 1 saturated heterocycles. The fraction of sp³-hybridized carbons (Fsp3) is 0.478. The number of hydrogen-bond donors (Lipinski definition) is 0. The molecule has 0 radical (unpaired) electrons. The Labute approximate surface area is 156 Å². The van der Waals surface area contributed by atoms with E-state index in [-0.39, 0.29) is 0 Å². The topological polar surface area (TPSA) is 31.0 Å². The summed E-state index contributed by atoms with van der Waals surface area (Å²) < 4.78 is 16.5. The van der Waals surface area contributed by atoms with Gasteiger partial charge in [0.05, 0.1) is 19.3 Å². The number of rotatable bonds is 7. The lowest BCUT2D eigenvalue weighted by Gasteiger charge is -2.28. The summed E-state index contributed by atoms with van der Waals surface area (Å²) in [5, 5.41) is 0. The van der Waals surface area contributed by atoms with Gasteiger partial charge in [0.25, 0.3) is 0 Å². The van der Waals surface area contributed by atoms with Gasteiger partial charge < -0.3 is 14.2 Å². The van der Waals surface area contributed by atoms with Crippen LogP contribution in [-0.2, 0) is 14.2 Å². The van der Waals surface area contributed by atoms with Crippen LogP contribution >= 0.6 is 0 Å². The first-order valence-corrected chi connectivity index (χ1v) is 9.76. The van der Waals surface area contributed by atoms with Crippen LogP contribution in [0.25, 0.3) is 11.1 Å². The van der Waals surface area contributed by atoms with Crippen LogP contribution in [0.15, 0.2) is 48.5 Å². The van der Waals surface area contributed by atoms with Crippen LogP contribution in [-0.4, -0.2) is 32.2 Å². The monoisotopic (exact) mass is 352 g/mol. The van der Waals surface area contributed by atoms with Crippen molar-refractivity contribution >= 4 is 0 Å². The number of epoxide rings is 1. The summed E-state index contributed by atoms with van der Waals surface area (Å²) >= 11 is 0. The van der Waals surface area contributed by atoms with Crippen LogP contribution in [0.5, 0.6) is 0 Å². The minimum atomic E-state index is 0.317. The molecule has 4 rings (SSSR count). The molecular formula is C23H28O3. The molecule has 1 aliphatic heterocycles. The van der Waals surface area contributed by atoms with Gasteiger partial charge in [-0.15, -0.1) is 0 Å². The van der Waals surface area contributed by atoms with Crippen LogP contribution in [0.1, 0.15) is 42.7 Å². The molecule has 3 heteroatoms. The summed E-state index contributed by atoms with van der Waals surface area (Å²) in [4.78, 5) is 0. The zero-order chi connectivity index (χ0) is 17.8. The molecule has 2 aromatic carbocycles. The molecule has 0 N–H and O–H groups in total. The molecule has 0 aromatic heterocycles. The predicted molar refractivity (Wildman–Crippen MR) is 103 cm³/mol. The largest absolute Gasteiger partial charge is 0.371 e. The van der Waals surface area contributed by atoms with Crippen LogP contribution in [0.2, 0.25) is 0 Å². The van der Waals surface area contributed by atoms with Gasteiger partial charge >= 0.3 is 0 Å². The van der Waals surface area contributed by atoms with Crippen LogP contribution < -0.4 is 0 Å². The molecule has 26 heavy (non-hydrogen) atoms. The lowest BCUT2D eigenvalue weighted by Crippen LogP contribution is -2.22. The van der Waals surface area contributed by atoms with E-state index in [0.29, 0.717) is 31.5 Å². The number of ether oxygens (including phenoxy) is 3. The van der Waals surface area contributed by atoms with E-state index in [0.717, 1.165) is 19.4 Å². The van der Waals surface area contributed by atoms with E-state index in [2.05, 4.69) is 55.5 Å². The van der Waals surface area contributed by atoms with Gasteiger partial charge in [0.15, 0.2) is 0 Å². The van der Waals surface area contributed by atoms with Crippen molar-refractivity contribution in [2.75, 3.05) is 20.0 Å². The van der Waals surface area contributed by atoms with Crippen molar-refractivity contribution in [3.63, 3.8) is 0 Å². The maximum atomic E-state index is 5.85. The smallest absolute Gasteiger partial charge is 0.147 e. The second kappa shape index (κ2) is 8.34. The lowest BCUT2D eigenvalue weighted by molar-refractivity contribution is -0.102. The number of hydrogen-bond acceptors (Lipinski definition) is 3. The third kappa shape index (κ3) is 4.73. The highest BCUT2D eigenvalue weighted by atomic mass is 16.7. The van der Waals surface area contributed by atoms with Gasteiger partial charge in [0.2, 0.25) is 0 Å². The molecule has 1 aliphatic carbocycles. The lowest BCUT2D eigenvalue weighted by atomic mass is 9.82. The molecule has 1 heterocycles. The standard InChI is InChI=1S/C23H28O3/c1-17-2-4-18(5-3-17)19-6-8-20(9-7-19)21-10-12-22(13-11-21)26-16-24-14-23-15-25-23/h2-9,21-23H,10-16H2,1H3. The SMILES string of the molecule is Cc1ccc(-c2ccc(C3CCC(OCOCC4CO4)CC3)cc2)cc1. The summed E-state index contributed by atoms with van der Waals surface area (Å²) in [7, 11) is 0. The molecule has 1 unspecified atom stereocenters. The van der Waals surface area contributed by atoms with E-state index < -0.39 is 0 Å². The Morgan fingerprint density at radius 3 is 2.12 bits per heavy atom. The van der Waals surface area contributed by atoms with Gasteiger partial charge in [-0.05, 0) is 55.2 Å². The highest BCUT2D eigenvalue weighted by molar-refractivity contribution is 5.64. The van der Waals surface area contributed by atoms with Gasteiger partial charge in [-0.2, -0.15) is 0 Å². The minimum Gasteiger partial charge on any atom is -0.371 e. The van der Waals surface area contributed by atoms with Crippen molar-refractivity contribution in [3.05, 3.63) is 59.7 Å². The molecule has 0 bridgehead atoms. The van der Waals surface area contributed by atoms with Crippen molar-refractivity contribution in [2.24, 2.45) is 0 Å². The molecule has 1 atom stereocenters. The quantitative estimate of drug-likeness (QED) is 0.396. The highest BCUT2D eigenvalue weighted by Gasteiger charge is 2.24. The Morgan fingerprint density at radius 2 is 1.50 bits per heavy atom. The van der Waals surface area contributed by atoms with Gasteiger partial charge in [-0.1, -0.05) is 54.1 Å². The fourth-order valence-corrected chi connectivity index (χ4v) is 3.74. The second-order valence-corrected chi connectivity index (χ2v) is 7.57. The molecule has 0 amide bonds. The predicted octanol–water partition coefficient (Wildman–Crippen LogP) is 5.08. The fourth-order valence-electron chi connectivity index (χ4n) is 3.74. The van der Waals surface area contributed by atoms with Gasteiger partial charge in [-0.3, -0.25) is 0 Å². The van der Waals surface area contributed by atoms with E-state index in [1.54, 1.807) is 0 Å². The van der Waals surface area contributed by atoms with Crippen molar-refractivity contribution in [1.82, 2.24) is 0 Å². The molecule has 2 aromatic rings. The van der Waals surface area contributed by atoms with E-state index in [1.165, 1.54) is 35.1 Å².